The van der Waals surface area contributed by atoms with Crippen molar-refractivity contribution in [3.63, 3.8) is 0 Å². The van der Waals surface area contributed by atoms with Gasteiger partial charge in [-0.25, -0.2) is 8.42 Å². The Morgan fingerprint density at radius 1 is 1.21 bits per heavy atom. The van der Waals surface area contributed by atoms with Gasteiger partial charge in [-0.3, -0.25) is 9.78 Å². The zero-order valence-electron chi connectivity index (χ0n) is 15.8. The van der Waals surface area contributed by atoms with Gasteiger partial charge in [0, 0.05) is 12.7 Å². The van der Waals surface area contributed by atoms with Gasteiger partial charge >= 0.3 is 0 Å². The number of carbonyl (C=O) groups excluding carboxylic acids is 1. The number of aromatic nitrogens is 1. The molecule has 1 aromatic carbocycles. The molecule has 2 aromatic rings. The molecule has 0 saturated carbocycles. The van der Waals surface area contributed by atoms with E-state index in [2.05, 4.69) is 9.38 Å². The number of fused-ring (bicyclic) bond motifs is 1. The average Bonchev–Trinajstić information content (AvgIpc) is 2.71. The molecular weight excluding hydrogens is 392 g/mol. The van der Waals surface area contributed by atoms with E-state index in [4.69, 9.17) is 10.5 Å². The second-order valence-electron chi connectivity index (χ2n) is 7.17. The predicted octanol–water partition coefficient (Wildman–Crippen LogP) is 1.70. The van der Waals surface area contributed by atoms with E-state index in [-0.39, 0.29) is 30.1 Å². The van der Waals surface area contributed by atoms with E-state index in [0.717, 1.165) is 19.3 Å². The quantitative estimate of drug-likeness (QED) is 0.814. The third kappa shape index (κ3) is 4.09. The molecule has 0 bridgehead atoms. The van der Waals surface area contributed by atoms with Crippen LogP contribution in [0.1, 0.15) is 40.9 Å². The van der Waals surface area contributed by atoms with Crippen LogP contribution in [0, 0.1) is 0 Å². The van der Waals surface area contributed by atoms with Crippen LogP contribution in [0.5, 0.6) is 5.75 Å². The average molecular weight is 414 g/mol. The molecule has 1 saturated heterocycles. The number of hydrogen-bond acceptors (Lipinski definition) is 6. The fourth-order valence-corrected chi connectivity index (χ4v) is 4.88. The van der Waals surface area contributed by atoms with Crippen molar-refractivity contribution in [3.05, 3.63) is 59.4 Å². The molecule has 152 valence electrons. The summed E-state index contributed by atoms with van der Waals surface area (Å²) in [6, 6.07) is 10.4. The van der Waals surface area contributed by atoms with Crippen LogP contribution < -0.4 is 10.5 Å². The first kappa shape index (κ1) is 19.4. The lowest BCUT2D eigenvalue weighted by Gasteiger charge is -2.35. The van der Waals surface area contributed by atoms with Crippen molar-refractivity contribution >= 4 is 21.8 Å². The number of rotatable bonds is 4. The van der Waals surface area contributed by atoms with Crippen molar-refractivity contribution in [1.29, 1.82) is 0 Å². The third-order valence-electron chi connectivity index (χ3n) is 5.15. The highest BCUT2D eigenvalue weighted by atomic mass is 32.2. The first-order valence-corrected chi connectivity index (χ1v) is 11.1. The zero-order chi connectivity index (χ0) is 20.4. The number of amides is 1. The third-order valence-corrected chi connectivity index (χ3v) is 6.30. The van der Waals surface area contributed by atoms with Crippen molar-refractivity contribution in [3.8, 4) is 5.75 Å². The largest absolute Gasteiger partial charge is 0.491 e. The summed E-state index contributed by atoms with van der Waals surface area (Å²) in [5, 5.41) is 0. The zero-order valence-corrected chi connectivity index (χ0v) is 16.6. The van der Waals surface area contributed by atoms with Crippen LogP contribution in [0.4, 0.5) is 0 Å². The Balaban J connectivity index is 1.53. The second kappa shape index (κ2) is 7.82. The van der Waals surface area contributed by atoms with Crippen molar-refractivity contribution in [2.75, 3.05) is 13.2 Å². The monoisotopic (exact) mass is 414 g/mol. The van der Waals surface area contributed by atoms with Crippen LogP contribution in [-0.4, -0.2) is 49.2 Å². The first-order valence-electron chi connectivity index (χ1n) is 9.50. The van der Waals surface area contributed by atoms with Gasteiger partial charge in [0.05, 0.1) is 17.4 Å². The summed E-state index contributed by atoms with van der Waals surface area (Å²) in [6.07, 6.45) is 4.38. The van der Waals surface area contributed by atoms with E-state index < -0.39 is 10.0 Å². The normalized spacial score (nSPS) is 20.5. The number of amidine groups is 1. The molecule has 0 radical (unpaired) electrons. The number of nitrogens with two attached hydrogens (primary N) is 1. The Kier molecular flexibility index (Phi) is 5.23. The summed E-state index contributed by atoms with van der Waals surface area (Å²) >= 11 is 0. The van der Waals surface area contributed by atoms with Gasteiger partial charge in [-0.1, -0.05) is 18.2 Å². The van der Waals surface area contributed by atoms with Crippen molar-refractivity contribution in [2.24, 2.45) is 10.1 Å². The fraction of sp³-hybridized carbons (Fsp3) is 0.350. The van der Waals surface area contributed by atoms with Crippen LogP contribution in [-0.2, 0) is 15.8 Å². The minimum Gasteiger partial charge on any atom is -0.491 e. The molecule has 1 amide bonds. The molecule has 4 rings (SSSR count). The van der Waals surface area contributed by atoms with Crippen molar-refractivity contribution in [2.45, 2.75) is 31.1 Å². The molecule has 1 atom stereocenters. The minimum atomic E-state index is -3.60. The molecule has 3 heterocycles. The van der Waals surface area contributed by atoms with E-state index in [9.17, 15) is 13.2 Å². The molecule has 0 spiro atoms. The number of ether oxygens (including phenoxy) is 1. The van der Waals surface area contributed by atoms with E-state index in [1.54, 1.807) is 42.6 Å². The molecular formula is C20H22N4O4S. The standard InChI is InChI=1S/C20H22N4O4S/c21-19-18-14(13-29(26,27)23-19)6-5-9-17(18)28-12-15-7-2-4-11-24(15)20(25)16-8-1-3-10-22-16/h1,3,5-6,8-10,15H,2,4,7,11-13H2,(H2,21,23)/t15-/m1/s1. The first-order chi connectivity index (χ1) is 13.9. The molecule has 8 nitrogen and oxygen atoms in total. The maximum absolute atomic E-state index is 12.9. The van der Waals surface area contributed by atoms with Gasteiger partial charge in [0.1, 0.15) is 23.9 Å². The van der Waals surface area contributed by atoms with E-state index in [0.29, 0.717) is 29.1 Å². The van der Waals surface area contributed by atoms with Crippen molar-refractivity contribution < 1.29 is 17.9 Å². The van der Waals surface area contributed by atoms with Crippen LogP contribution in [0.25, 0.3) is 0 Å². The topological polar surface area (TPSA) is 115 Å². The molecule has 0 aliphatic carbocycles. The molecule has 1 fully saturated rings. The summed E-state index contributed by atoms with van der Waals surface area (Å²) in [5.74, 6) is 0.107. The van der Waals surface area contributed by atoms with Gasteiger partial charge in [-0.2, -0.15) is 0 Å². The number of hydrogen-bond donors (Lipinski definition) is 1. The Morgan fingerprint density at radius 3 is 2.86 bits per heavy atom. The molecule has 1 aromatic heterocycles. The summed E-state index contributed by atoms with van der Waals surface area (Å²) in [4.78, 5) is 18.9. The Bertz CT molecular complexity index is 1050. The minimum absolute atomic E-state index is 0.0630. The summed E-state index contributed by atoms with van der Waals surface area (Å²) in [5.41, 5.74) is 7.40. The number of nitrogens with zero attached hydrogens (tertiary/aromatic N) is 3. The summed E-state index contributed by atoms with van der Waals surface area (Å²) < 4.78 is 33.3. The number of benzene rings is 1. The number of piperidine rings is 1. The molecule has 2 aliphatic rings. The summed E-state index contributed by atoms with van der Waals surface area (Å²) in [6.45, 7) is 0.938. The van der Waals surface area contributed by atoms with Crippen LogP contribution in [0.3, 0.4) is 0 Å². The Hall–Kier alpha value is -2.94. The lowest BCUT2D eigenvalue weighted by atomic mass is 10.0. The molecule has 29 heavy (non-hydrogen) atoms. The van der Waals surface area contributed by atoms with E-state index >= 15 is 0 Å². The van der Waals surface area contributed by atoms with Gasteiger partial charge in [-0.15, -0.1) is 4.40 Å². The molecule has 9 heteroatoms. The highest BCUT2D eigenvalue weighted by Crippen LogP contribution is 2.29. The van der Waals surface area contributed by atoms with Crippen LogP contribution in [0.2, 0.25) is 0 Å². The number of likely N-dealkylation sites (tertiary alicyclic amines) is 1. The summed E-state index contributed by atoms with van der Waals surface area (Å²) in [7, 11) is -3.60. The number of carbonyl (C=O) groups is 1. The van der Waals surface area contributed by atoms with Gasteiger partial charge in [0.15, 0.2) is 0 Å². The lowest BCUT2D eigenvalue weighted by Crippen LogP contribution is -2.47. The smallest absolute Gasteiger partial charge is 0.272 e. The van der Waals surface area contributed by atoms with Gasteiger partial charge in [0.25, 0.3) is 15.9 Å². The van der Waals surface area contributed by atoms with Crippen LogP contribution in [0.15, 0.2) is 47.0 Å². The number of sulfonamides is 1. The van der Waals surface area contributed by atoms with E-state index in [1.807, 2.05) is 4.90 Å². The van der Waals surface area contributed by atoms with Gasteiger partial charge in [-0.05, 0) is 43.0 Å². The van der Waals surface area contributed by atoms with Gasteiger partial charge in [0.2, 0.25) is 0 Å². The van der Waals surface area contributed by atoms with Gasteiger partial charge < -0.3 is 15.4 Å². The molecule has 2 aliphatic heterocycles. The van der Waals surface area contributed by atoms with Crippen LogP contribution >= 0.6 is 0 Å². The molecule has 2 N–H and O–H groups in total. The predicted molar refractivity (Wildman–Crippen MR) is 108 cm³/mol. The maximum atomic E-state index is 12.9. The van der Waals surface area contributed by atoms with E-state index in [1.165, 1.54) is 0 Å². The second-order valence-corrected chi connectivity index (χ2v) is 8.80. The number of pyridine rings is 1. The maximum Gasteiger partial charge on any atom is 0.272 e. The lowest BCUT2D eigenvalue weighted by molar-refractivity contribution is 0.0522. The SMILES string of the molecule is NC1=NS(=O)(=O)Cc2cccc(OC[C@H]3CCCCN3C(=O)c3ccccn3)c21. The highest BCUT2D eigenvalue weighted by molar-refractivity contribution is 7.89. The van der Waals surface area contributed by atoms with Crippen molar-refractivity contribution in [1.82, 2.24) is 9.88 Å². The Morgan fingerprint density at radius 2 is 2.07 bits per heavy atom. The fourth-order valence-electron chi connectivity index (χ4n) is 3.80. The molecule has 0 unspecified atom stereocenters. The highest BCUT2D eigenvalue weighted by Gasteiger charge is 2.30. The Labute approximate surface area is 169 Å².